The molecule has 7 nitrogen and oxygen atoms in total. The third kappa shape index (κ3) is 3.60. The van der Waals surface area contributed by atoms with Crippen LogP contribution >= 0.6 is 0 Å². The maximum Gasteiger partial charge on any atom is 0.408 e. The SMILES string of the molecule is COc1cc(-c2cc(C)c3c(n2)CN(c2cnn(CC(F)(F)F)c2)C3=O)cnc1C. The van der Waals surface area contributed by atoms with Crippen molar-refractivity contribution in [2.24, 2.45) is 0 Å². The number of anilines is 1. The molecule has 0 fully saturated rings. The summed E-state index contributed by atoms with van der Waals surface area (Å²) in [5, 5.41) is 3.72. The molecule has 0 bridgehead atoms. The molecule has 30 heavy (non-hydrogen) atoms. The molecule has 0 radical (unpaired) electrons. The lowest BCUT2D eigenvalue weighted by Gasteiger charge is -2.12. The van der Waals surface area contributed by atoms with Crippen molar-refractivity contribution in [1.82, 2.24) is 19.7 Å². The predicted molar refractivity (Wildman–Crippen MR) is 102 cm³/mol. The Kier molecular flexibility index (Phi) is 4.71. The van der Waals surface area contributed by atoms with Crippen molar-refractivity contribution in [3.8, 4) is 17.0 Å². The zero-order valence-electron chi connectivity index (χ0n) is 16.5. The largest absolute Gasteiger partial charge is 0.495 e. The smallest absolute Gasteiger partial charge is 0.408 e. The number of hydrogen-bond donors (Lipinski definition) is 0. The average molecular weight is 417 g/mol. The van der Waals surface area contributed by atoms with Gasteiger partial charge in [0.25, 0.3) is 5.91 Å². The number of halogens is 3. The highest BCUT2D eigenvalue weighted by atomic mass is 19.4. The van der Waals surface area contributed by atoms with Crippen LogP contribution < -0.4 is 9.64 Å². The number of amides is 1. The van der Waals surface area contributed by atoms with Crippen molar-refractivity contribution in [3.05, 3.63) is 53.2 Å². The minimum absolute atomic E-state index is 0.150. The Morgan fingerprint density at radius 1 is 1.20 bits per heavy atom. The van der Waals surface area contributed by atoms with E-state index in [0.29, 0.717) is 28.4 Å². The summed E-state index contributed by atoms with van der Waals surface area (Å²) in [5.74, 6) is 0.315. The third-order valence-electron chi connectivity index (χ3n) is 4.89. The van der Waals surface area contributed by atoms with Gasteiger partial charge in [-0.05, 0) is 31.5 Å². The first-order valence-corrected chi connectivity index (χ1v) is 9.09. The lowest BCUT2D eigenvalue weighted by atomic mass is 10.0. The first-order valence-electron chi connectivity index (χ1n) is 9.09. The van der Waals surface area contributed by atoms with Crippen LogP contribution in [0, 0.1) is 13.8 Å². The number of methoxy groups -OCH3 is 1. The van der Waals surface area contributed by atoms with E-state index in [1.165, 1.54) is 17.3 Å². The number of hydrogen-bond acceptors (Lipinski definition) is 5. The number of rotatable bonds is 4. The van der Waals surface area contributed by atoms with Crippen molar-refractivity contribution >= 4 is 11.6 Å². The number of fused-ring (bicyclic) bond motifs is 1. The lowest BCUT2D eigenvalue weighted by molar-refractivity contribution is -0.142. The lowest BCUT2D eigenvalue weighted by Crippen LogP contribution is -2.23. The second-order valence-corrected chi connectivity index (χ2v) is 7.06. The number of carbonyl (C=O) groups is 1. The van der Waals surface area contributed by atoms with E-state index in [0.717, 1.165) is 21.5 Å². The van der Waals surface area contributed by atoms with Crippen LogP contribution in [0.4, 0.5) is 18.9 Å². The minimum Gasteiger partial charge on any atom is -0.495 e. The molecule has 0 aromatic carbocycles. The molecule has 0 N–H and O–H groups in total. The topological polar surface area (TPSA) is 73.1 Å². The average Bonchev–Trinajstić information content (AvgIpc) is 3.25. The van der Waals surface area contributed by atoms with Crippen LogP contribution in [-0.2, 0) is 13.1 Å². The van der Waals surface area contributed by atoms with Gasteiger partial charge in [-0.1, -0.05) is 0 Å². The molecular formula is C20H18F3N5O2. The number of nitrogens with zero attached hydrogens (tertiary/aromatic N) is 5. The number of pyridine rings is 2. The molecule has 0 spiro atoms. The van der Waals surface area contributed by atoms with Gasteiger partial charge in [-0.2, -0.15) is 18.3 Å². The summed E-state index contributed by atoms with van der Waals surface area (Å²) in [6, 6.07) is 3.62. The van der Waals surface area contributed by atoms with E-state index >= 15 is 0 Å². The zero-order chi connectivity index (χ0) is 21.6. The first-order chi connectivity index (χ1) is 14.2. The van der Waals surface area contributed by atoms with E-state index in [2.05, 4.69) is 15.1 Å². The van der Waals surface area contributed by atoms with Crippen LogP contribution in [-0.4, -0.2) is 38.9 Å². The zero-order valence-corrected chi connectivity index (χ0v) is 16.5. The van der Waals surface area contributed by atoms with Gasteiger partial charge in [0, 0.05) is 18.0 Å². The summed E-state index contributed by atoms with van der Waals surface area (Å²) in [6.07, 6.45) is -0.248. The van der Waals surface area contributed by atoms with Gasteiger partial charge < -0.3 is 4.74 Å². The Bertz CT molecular complexity index is 1140. The van der Waals surface area contributed by atoms with Crippen molar-refractivity contribution in [1.29, 1.82) is 0 Å². The van der Waals surface area contributed by atoms with Gasteiger partial charge in [-0.25, -0.2) is 0 Å². The summed E-state index contributed by atoms with van der Waals surface area (Å²) in [7, 11) is 1.56. The van der Waals surface area contributed by atoms with Crippen LogP contribution in [0.2, 0.25) is 0 Å². The molecule has 4 rings (SSSR count). The van der Waals surface area contributed by atoms with Crippen molar-refractivity contribution < 1.29 is 22.7 Å². The van der Waals surface area contributed by atoms with Crippen LogP contribution in [0.25, 0.3) is 11.3 Å². The molecule has 10 heteroatoms. The molecule has 0 atom stereocenters. The second-order valence-electron chi connectivity index (χ2n) is 7.06. The van der Waals surface area contributed by atoms with Gasteiger partial charge in [0.15, 0.2) is 0 Å². The van der Waals surface area contributed by atoms with Crippen LogP contribution in [0.5, 0.6) is 5.75 Å². The van der Waals surface area contributed by atoms with Gasteiger partial charge in [-0.3, -0.25) is 24.3 Å². The Balaban J connectivity index is 1.66. The Morgan fingerprint density at radius 3 is 2.67 bits per heavy atom. The van der Waals surface area contributed by atoms with E-state index in [1.54, 1.807) is 26.3 Å². The quantitative estimate of drug-likeness (QED) is 0.648. The third-order valence-corrected chi connectivity index (χ3v) is 4.89. The van der Waals surface area contributed by atoms with E-state index in [-0.39, 0.29) is 12.5 Å². The minimum atomic E-state index is -4.39. The highest BCUT2D eigenvalue weighted by Crippen LogP contribution is 2.33. The van der Waals surface area contributed by atoms with Crippen LogP contribution in [0.15, 0.2) is 30.7 Å². The summed E-state index contributed by atoms with van der Waals surface area (Å²) in [6.45, 7) is 2.57. The predicted octanol–water partition coefficient (Wildman–Crippen LogP) is 3.69. The molecule has 0 aliphatic carbocycles. The van der Waals surface area contributed by atoms with E-state index in [1.807, 2.05) is 13.0 Å². The van der Waals surface area contributed by atoms with Crippen molar-refractivity contribution in [2.75, 3.05) is 12.0 Å². The standard InChI is InChI=1S/C20H18F3N5O2/c1-11-4-15(13-5-17(30-3)12(2)24-6-13)26-16-9-28(19(29)18(11)16)14-7-25-27(8-14)10-20(21,22)23/h4-8H,9-10H2,1-3H3. The number of carbonyl (C=O) groups excluding carboxylic acids is 1. The summed E-state index contributed by atoms with van der Waals surface area (Å²) in [4.78, 5) is 23.2. The maximum atomic E-state index is 12.9. The van der Waals surface area contributed by atoms with Crippen molar-refractivity contribution in [2.45, 2.75) is 33.1 Å². The molecular weight excluding hydrogens is 399 g/mol. The highest BCUT2D eigenvalue weighted by Gasteiger charge is 2.34. The van der Waals surface area contributed by atoms with Gasteiger partial charge in [0.2, 0.25) is 0 Å². The molecule has 3 aromatic heterocycles. The molecule has 1 aliphatic rings. The molecule has 3 aromatic rings. The van der Waals surface area contributed by atoms with E-state index in [4.69, 9.17) is 4.74 Å². The Hall–Kier alpha value is -3.43. The fourth-order valence-electron chi connectivity index (χ4n) is 3.48. The van der Waals surface area contributed by atoms with E-state index in [9.17, 15) is 18.0 Å². The first kappa shape index (κ1) is 19.9. The fourth-order valence-corrected chi connectivity index (χ4v) is 3.48. The molecule has 1 aliphatic heterocycles. The monoisotopic (exact) mass is 417 g/mol. The van der Waals surface area contributed by atoms with Crippen molar-refractivity contribution in [3.63, 3.8) is 0 Å². The second kappa shape index (κ2) is 7.12. The maximum absolute atomic E-state index is 12.9. The van der Waals surface area contributed by atoms with Gasteiger partial charge in [0.1, 0.15) is 12.3 Å². The highest BCUT2D eigenvalue weighted by molar-refractivity contribution is 6.10. The van der Waals surface area contributed by atoms with Gasteiger partial charge >= 0.3 is 6.18 Å². The fraction of sp³-hybridized carbons (Fsp3) is 0.300. The van der Waals surface area contributed by atoms with Gasteiger partial charge in [0.05, 0.1) is 48.2 Å². The Morgan fingerprint density at radius 2 is 1.97 bits per heavy atom. The number of ether oxygens (including phenoxy) is 1. The van der Waals surface area contributed by atoms with E-state index < -0.39 is 12.7 Å². The molecule has 0 saturated carbocycles. The molecule has 0 unspecified atom stereocenters. The molecule has 0 saturated heterocycles. The summed E-state index contributed by atoms with van der Waals surface area (Å²) < 4.78 is 43.9. The van der Waals surface area contributed by atoms with Crippen LogP contribution in [0.1, 0.15) is 27.3 Å². The normalized spacial score (nSPS) is 13.7. The number of alkyl halides is 3. The number of aryl methyl sites for hydroxylation is 2. The molecule has 1 amide bonds. The van der Waals surface area contributed by atoms with Gasteiger partial charge in [-0.15, -0.1) is 0 Å². The summed E-state index contributed by atoms with van der Waals surface area (Å²) in [5.41, 5.74) is 4.15. The molecule has 4 heterocycles. The number of aromatic nitrogens is 4. The summed E-state index contributed by atoms with van der Waals surface area (Å²) >= 11 is 0. The van der Waals surface area contributed by atoms with Crippen LogP contribution in [0.3, 0.4) is 0 Å². The Labute approximate surface area is 170 Å². The molecule has 156 valence electrons.